The zero-order chi connectivity index (χ0) is 17.8. The van der Waals surface area contributed by atoms with Gasteiger partial charge in [-0.05, 0) is 37.6 Å². The van der Waals surface area contributed by atoms with Gasteiger partial charge in [-0.15, -0.1) is 10.2 Å². The lowest BCUT2D eigenvalue weighted by Gasteiger charge is -2.20. The van der Waals surface area contributed by atoms with E-state index >= 15 is 0 Å². The Bertz CT molecular complexity index is 864. The third kappa shape index (κ3) is 3.91. The number of benzene rings is 2. The maximum Gasteiger partial charge on any atom is 0.277 e. The topological polar surface area (TPSA) is 59.2 Å². The Kier molecular flexibility index (Phi) is 5.19. The number of aromatic nitrogens is 2. The number of hydrogen-bond acceptors (Lipinski definition) is 5. The first-order chi connectivity index (χ1) is 12.1. The fraction of sp³-hybridized carbons (Fsp3) is 0.211. The van der Waals surface area contributed by atoms with Gasteiger partial charge in [0.2, 0.25) is 11.8 Å². The van der Waals surface area contributed by atoms with Crippen molar-refractivity contribution in [2.45, 2.75) is 24.3 Å². The van der Waals surface area contributed by atoms with Crippen molar-refractivity contribution in [1.29, 1.82) is 0 Å². The molecule has 0 saturated carbocycles. The van der Waals surface area contributed by atoms with Crippen LogP contribution in [0, 0.1) is 6.92 Å². The third-order valence-electron chi connectivity index (χ3n) is 3.88. The Labute approximate surface area is 151 Å². The van der Waals surface area contributed by atoms with Crippen molar-refractivity contribution < 1.29 is 9.21 Å². The smallest absolute Gasteiger partial charge is 0.277 e. The Hall–Kier alpha value is -2.60. The van der Waals surface area contributed by atoms with Gasteiger partial charge in [-0.25, -0.2) is 0 Å². The number of anilines is 1. The first-order valence-electron chi connectivity index (χ1n) is 7.95. The zero-order valence-electron chi connectivity index (χ0n) is 14.3. The van der Waals surface area contributed by atoms with Gasteiger partial charge >= 0.3 is 0 Å². The lowest BCUT2D eigenvalue weighted by atomic mass is 10.1. The molecule has 0 aliphatic carbocycles. The van der Waals surface area contributed by atoms with Gasteiger partial charge in [0.25, 0.3) is 5.22 Å². The number of hydrogen-bond donors (Lipinski definition) is 0. The summed E-state index contributed by atoms with van der Waals surface area (Å²) >= 11 is 1.26. The van der Waals surface area contributed by atoms with Crippen molar-refractivity contribution in [3.8, 4) is 11.5 Å². The Balaban J connectivity index is 1.70. The average Bonchev–Trinajstić information content (AvgIpc) is 3.09. The Morgan fingerprint density at radius 2 is 1.76 bits per heavy atom. The number of carbonyl (C=O) groups is 1. The summed E-state index contributed by atoms with van der Waals surface area (Å²) in [4.78, 5) is 14.2. The molecular weight excluding hydrogens is 334 g/mol. The molecule has 6 heteroatoms. The monoisotopic (exact) mass is 353 g/mol. The molecule has 3 aromatic rings. The van der Waals surface area contributed by atoms with Gasteiger partial charge in [-0.1, -0.05) is 48.2 Å². The van der Waals surface area contributed by atoms with Crippen molar-refractivity contribution in [2.24, 2.45) is 0 Å². The second-order valence-corrected chi connectivity index (χ2v) is 6.97. The molecule has 2 aromatic carbocycles. The molecule has 128 valence electrons. The number of carbonyl (C=O) groups excluding carboxylic acids is 1. The van der Waals surface area contributed by atoms with Crippen LogP contribution in [-0.4, -0.2) is 28.4 Å². The first-order valence-corrected chi connectivity index (χ1v) is 8.83. The largest absolute Gasteiger partial charge is 0.411 e. The molecule has 0 bridgehead atoms. The van der Waals surface area contributed by atoms with Crippen molar-refractivity contribution >= 4 is 23.4 Å². The van der Waals surface area contributed by atoms with E-state index in [9.17, 15) is 4.79 Å². The van der Waals surface area contributed by atoms with E-state index in [0.717, 1.165) is 16.8 Å². The second-order valence-electron chi connectivity index (χ2n) is 5.68. The quantitative estimate of drug-likeness (QED) is 0.644. The lowest BCUT2D eigenvalue weighted by molar-refractivity contribution is -0.117. The van der Waals surface area contributed by atoms with E-state index in [2.05, 4.69) is 10.2 Å². The Morgan fingerprint density at radius 1 is 1.08 bits per heavy atom. The molecule has 0 fully saturated rings. The van der Waals surface area contributed by atoms with Crippen LogP contribution in [0.3, 0.4) is 0 Å². The van der Waals surface area contributed by atoms with Gasteiger partial charge in [-0.3, -0.25) is 4.79 Å². The van der Waals surface area contributed by atoms with Gasteiger partial charge in [0.15, 0.2) is 0 Å². The van der Waals surface area contributed by atoms with Gasteiger partial charge in [0, 0.05) is 18.3 Å². The minimum Gasteiger partial charge on any atom is -0.411 e. The third-order valence-corrected chi connectivity index (χ3v) is 4.80. The molecule has 1 atom stereocenters. The maximum absolute atomic E-state index is 12.6. The van der Waals surface area contributed by atoms with Crippen LogP contribution in [0.5, 0.6) is 0 Å². The van der Waals surface area contributed by atoms with Crippen molar-refractivity contribution in [3.05, 3.63) is 60.2 Å². The normalized spacial score (nSPS) is 12.0. The summed E-state index contributed by atoms with van der Waals surface area (Å²) in [6, 6.07) is 17.4. The molecule has 0 aliphatic heterocycles. The van der Waals surface area contributed by atoms with Crippen LogP contribution in [0.15, 0.2) is 64.2 Å². The van der Waals surface area contributed by atoms with Gasteiger partial charge < -0.3 is 9.32 Å². The van der Waals surface area contributed by atoms with Crippen molar-refractivity contribution in [2.75, 3.05) is 11.9 Å². The van der Waals surface area contributed by atoms with E-state index in [0.29, 0.717) is 11.1 Å². The van der Waals surface area contributed by atoms with E-state index < -0.39 is 0 Å². The first kappa shape index (κ1) is 17.2. The SMILES string of the molecule is Cc1ccccc1-c1nnc(S[C@H](C)C(=O)N(C)c2ccccc2)o1. The van der Waals surface area contributed by atoms with E-state index in [1.165, 1.54) is 11.8 Å². The standard InChI is InChI=1S/C19H19N3O2S/c1-13-9-7-8-12-16(13)17-20-21-19(24-17)25-14(2)18(23)22(3)15-10-5-4-6-11-15/h4-12,14H,1-3H3/t14-/m1/s1. The highest BCUT2D eigenvalue weighted by Gasteiger charge is 2.22. The van der Waals surface area contributed by atoms with E-state index in [-0.39, 0.29) is 11.2 Å². The molecular formula is C19H19N3O2S. The van der Waals surface area contributed by atoms with Crippen LogP contribution in [0.2, 0.25) is 0 Å². The summed E-state index contributed by atoms with van der Waals surface area (Å²) in [6.45, 7) is 3.83. The van der Waals surface area contributed by atoms with E-state index in [1.54, 1.807) is 11.9 Å². The predicted molar refractivity (Wildman–Crippen MR) is 99.6 cm³/mol. The molecule has 3 rings (SSSR count). The van der Waals surface area contributed by atoms with Gasteiger partial charge in [0.05, 0.1) is 5.25 Å². The lowest BCUT2D eigenvalue weighted by Crippen LogP contribution is -2.33. The number of rotatable bonds is 5. The van der Waals surface area contributed by atoms with Crippen molar-refractivity contribution in [1.82, 2.24) is 10.2 Å². The van der Waals surface area contributed by atoms with Gasteiger partial charge in [0.1, 0.15) is 0 Å². The van der Waals surface area contributed by atoms with Crippen LogP contribution in [0.25, 0.3) is 11.5 Å². The molecule has 0 spiro atoms. The molecule has 0 unspecified atom stereocenters. The molecule has 0 saturated heterocycles. The highest BCUT2D eigenvalue weighted by Crippen LogP contribution is 2.28. The van der Waals surface area contributed by atoms with Gasteiger partial charge in [-0.2, -0.15) is 0 Å². The van der Waals surface area contributed by atoms with Crippen LogP contribution in [-0.2, 0) is 4.79 Å². The van der Waals surface area contributed by atoms with E-state index in [4.69, 9.17) is 4.42 Å². The molecule has 1 amide bonds. The molecule has 1 aromatic heterocycles. The van der Waals surface area contributed by atoms with E-state index in [1.807, 2.05) is 68.4 Å². The second kappa shape index (κ2) is 7.53. The molecule has 0 radical (unpaired) electrons. The minimum absolute atomic E-state index is 0.0214. The molecule has 0 N–H and O–H groups in total. The number of aryl methyl sites for hydroxylation is 1. The average molecular weight is 353 g/mol. The minimum atomic E-state index is -0.338. The zero-order valence-corrected chi connectivity index (χ0v) is 15.2. The highest BCUT2D eigenvalue weighted by atomic mass is 32.2. The predicted octanol–water partition coefficient (Wildman–Crippen LogP) is 4.19. The molecule has 25 heavy (non-hydrogen) atoms. The number of amides is 1. The summed E-state index contributed by atoms with van der Waals surface area (Å²) in [5, 5.41) is 8.22. The summed E-state index contributed by atoms with van der Waals surface area (Å²) < 4.78 is 5.73. The van der Waals surface area contributed by atoms with Crippen LogP contribution in [0.4, 0.5) is 5.69 Å². The van der Waals surface area contributed by atoms with Crippen LogP contribution >= 0.6 is 11.8 Å². The van der Waals surface area contributed by atoms with Crippen LogP contribution in [0.1, 0.15) is 12.5 Å². The molecule has 1 heterocycles. The van der Waals surface area contributed by atoms with Crippen molar-refractivity contribution in [3.63, 3.8) is 0 Å². The highest BCUT2D eigenvalue weighted by molar-refractivity contribution is 8.00. The number of thioether (sulfide) groups is 1. The molecule has 0 aliphatic rings. The number of para-hydroxylation sites is 1. The maximum atomic E-state index is 12.6. The summed E-state index contributed by atoms with van der Waals surface area (Å²) in [6.07, 6.45) is 0. The fourth-order valence-electron chi connectivity index (χ4n) is 2.43. The molecule has 5 nitrogen and oxygen atoms in total. The fourth-order valence-corrected chi connectivity index (χ4v) is 3.21. The number of nitrogens with zero attached hydrogens (tertiary/aromatic N) is 3. The summed E-state index contributed by atoms with van der Waals surface area (Å²) in [5.41, 5.74) is 2.82. The van der Waals surface area contributed by atoms with Crippen LogP contribution < -0.4 is 4.90 Å². The Morgan fingerprint density at radius 3 is 2.48 bits per heavy atom. The summed E-state index contributed by atoms with van der Waals surface area (Å²) in [5.74, 6) is 0.448. The summed E-state index contributed by atoms with van der Waals surface area (Å²) in [7, 11) is 1.77.